The van der Waals surface area contributed by atoms with Gasteiger partial charge in [-0.1, -0.05) is 62.4 Å². The summed E-state index contributed by atoms with van der Waals surface area (Å²) < 4.78 is 85.3. The summed E-state index contributed by atoms with van der Waals surface area (Å²) in [5.74, 6) is -0.885. The Labute approximate surface area is 235 Å². The number of benzene rings is 2. The van der Waals surface area contributed by atoms with Gasteiger partial charge in [0.2, 0.25) is 5.91 Å². The predicted molar refractivity (Wildman–Crippen MR) is 143 cm³/mol. The van der Waals surface area contributed by atoms with Gasteiger partial charge in [-0.15, -0.1) is 0 Å². The van der Waals surface area contributed by atoms with Crippen molar-refractivity contribution in [2.75, 3.05) is 0 Å². The molecule has 11 heteroatoms. The zero-order valence-electron chi connectivity index (χ0n) is 23.4. The highest BCUT2D eigenvalue weighted by Gasteiger charge is 2.51. The van der Waals surface area contributed by atoms with E-state index in [1.807, 2.05) is 6.07 Å². The number of alkyl halides is 6. The number of hydrogen-bond acceptors (Lipinski definition) is 4. The minimum absolute atomic E-state index is 0.0109. The highest BCUT2D eigenvalue weighted by molar-refractivity contribution is 5.83. The van der Waals surface area contributed by atoms with E-state index in [9.17, 15) is 41.5 Å². The molecule has 3 N–H and O–H groups in total. The summed E-state index contributed by atoms with van der Waals surface area (Å²) in [6, 6.07) is 9.43. The molecule has 1 amide bonds. The van der Waals surface area contributed by atoms with Gasteiger partial charge in [-0.05, 0) is 61.8 Å². The summed E-state index contributed by atoms with van der Waals surface area (Å²) in [4.78, 5) is 12.9. The topological polar surface area (TPSA) is 85.2 Å². The van der Waals surface area contributed by atoms with Crippen molar-refractivity contribution in [2.24, 2.45) is 0 Å². The molecule has 1 aliphatic carbocycles. The Bertz CT molecular complexity index is 1230. The Morgan fingerprint density at radius 1 is 0.951 bits per heavy atom. The van der Waals surface area contributed by atoms with Crippen molar-refractivity contribution in [1.29, 1.82) is 5.26 Å². The minimum Gasteiger partial charge on any atom is -0.336 e. The van der Waals surface area contributed by atoms with E-state index in [1.165, 1.54) is 36.4 Å². The molecule has 0 aromatic heterocycles. The van der Waals surface area contributed by atoms with Crippen molar-refractivity contribution in [3.63, 3.8) is 0 Å². The van der Waals surface area contributed by atoms with Crippen LogP contribution in [0.3, 0.4) is 0 Å². The summed E-state index contributed by atoms with van der Waals surface area (Å²) in [6.07, 6.45) is -8.63. The molecule has 41 heavy (non-hydrogen) atoms. The lowest BCUT2D eigenvalue weighted by Crippen LogP contribution is -2.53. The zero-order valence-corrected chi connectivity index (χ0v) is 23.4. The summed E-state index contributed by atoms with van der Waals surface area (Å²) >= 11 is 0. The third-order valence-electron chi connectivity index (χ3n) is 7.83. The van der Waals surface area contributed by atoms with Gasteiger partial charge >= 0.3 is 12.3 Å². The van der Waals surface area contributed by atoms with Gasteiger partial charge in [0.15, 0.2) is 0 Å². The Morgan fingerprint density at radius 2 is 1.44 bits per heavy atom. The largest absolute Gasteiger partial charge is 0.407 e. The first-order valence-corrected chi connectivity index (χ1v) is 13.5. The molecule has 3 rings (SSSR count). The molecule has 2 aromatic rings. The van der Waals surface area contributed by atoms with E-state index in [0.717, 1.165) is 13.8 Å². The fourth-order valence-electron chi connectivity index (χ4n) is 5.11. The van der Waals surface area contributed by atoms with E-state index >= 15 is 0 Å². The van der Waals surface area contributed by atoms with Crippen LogP contribution in [0.4, 0.5) is 26.3 Å². The quantitative estimate of drug-likeness (QED) is 0.238. The number of amides is 1. The maximum absolute atomic E-state index is 14.5. The highest BCUT2D eigenvalue weighted by Crippen LogP contribution is 2.44. The smallest absolute Gasteiger partial charge is 0.336 e. The monoisotopic (exact) mass is 583 g/mol. The van der Waals surface area contributed by atoms with Gasteiger partial charge in [0.1, 0.15) is 17.2 Å². The number of rotatable bonds is 12. The van der Waals surface area contributed by atoms with Crippen molar-refractivity contribution in [3.8, 4) is 17.2 Å². The number of aliphatic hydroxyl groups is 1. The van der Waals surface area contributed by atoms with E-state index in [0.29, 0.717) is 24.0 Å². The van der Waals surface area contributed by atoms with Crippen LogP contribution >= 0.6 is 0 Å². The van der Waals surface area contributed by atoms with Gasteiger partial charge in [0, 0.05) is 6.42 Å². The van der Waals surface area contributed by atoms with Gasteiger partial charge < -0.3 is 10.4 Å². The van der Waals surface area contributed by atoms with E-state index in [2.05, 4.69) is 10.6 Å². The molecule has 0 spiro atoms. The second-order valence-corrected chi connectivity index (χ2v) is 11.3. The molecule has 224 valence electrons. The minimum atomic E-state index is -4.84. The maximum atomic E-state index is 14.5. The predicted octanol–water partition coefficient (Wildman–Crippen LogP) is 6.87. The zero-order chi connectivity index (χ0) is 30.9. The van der Waals surface area contributed by atoms with E-state index in [-0.39, 0.29) is 24.0 Å². The first-order valence-electron chi connectivity index (χ1n) is 13.5. The molecular weight excluding hydrogens is 548 g/mol. The molecule has 0 saturated heterocycles. The van der Waals surface area contributed by atoms with Crippen LogP contribution in [0.25, 0.3) is 11.1 Å². The van der Waals surface area contributed by atoms with Crippen molar-refractivity contribution in [1.82, 2.24) is 10.6 Å². The third-order valence-corrected chi connectivity index (χ3v) is 7.83. The molecule has 1 aliphatic rings. The van der Waals surface area contributed by atoms with E-state index in [1.54, 1.807) is 26.0 Å². The van der Waals surface area contributed by atoms with E-state index < -0.39 is 53.3 Å². The maximum Gasteiger partial charge on any atom is 0.407 e. The molecule has 0 radical (unpaired) electrons. The molecule has 5 nitrogen and oxygen atoms in total. The van der Waals surface area contributed by atoms with Crippen molar-refractivity contribution in [3.05, 3.63) is 59.7 Å². The second kappa shape index (κ2) is 11.6. The normalized spacial score (nSPS) is 16.9. The lowest BCUT2D eigenvalue weighted by molar-refractivity contribution is -0.252. The molecular formula is C30H35F6N3O2. The lowest BCUT2D eigenvalue weighted by Gasteiger charge is -2.36. The van der Waals surface area contributed by atoms with Crippen LogP contribution in [0.15, 0.2) is 48.5 Å². The molecule has 2 aromatic carbocycles. The average molecular weight is 584 g/mol. The van der Waals surface area contributed by atoms with Crippen LogP contribution < -0.4 is 10.6 Å². The van der Waals surface area contributed by atoms with Gasteiger partial charge in [-0.3, -0.25) is 10.1 Å². The van der Waals surface area contributed by atoms with Crippen LogP contribution in [0, 0.1) is 11.3 Å². The molecule has 1 unspecified atom stereocenters. The standard InChI is InChI=1S/C30H35F6N3O2/c1-5-28(6-2,30(35,36)41)22-13-11-20(12-14-22)19-7-9-21(10-8-19)24(29(32,33)34)38-23(17-26(3,4)31)25(40)39-27(18-37)15-16-27/h7-14,23-24,38,41H,5-6,15-17H2,1-4H3,(H,39,40)/t23-,24?/m0/s1. The Hall–Kier alpha value is -3.10. The van der Waals surface area contributed by atoms with Crippen LogP contribution in [0.1, 0.15) is 77.0 Å². The van der Waals surface area contributed by atoms with Crippen molar-refractivity contribution < 1.29 is 36.2 Å². The number of hydrogen-bond donors (Lipinski definition) is 3. The number of carbonyl (C=O) groups is 1. The van der Waals surface area contributed by atoms with E-state index in [4.69, 9.17) is 0 Å². The third kappa shape index (κ3) is 7.41. The molecule has 0 aliphatic heterocycles. The number of carbonyl (C=O) groups excluding carboxylic acids is 1. The average Bonchev–Trinajstić information content (AvgIpc) is 3.65. The van der Waals surface area contributed by atoms with Crippen LogP contribution in [0.2, 0.25) is 0 Å². The fourth-order valence-corrected chi connectivity index (χ4v) is 5.11. The molecule has 0 heterocycles. The highest BCUT2D eigenvalue weighted by atomic mass is 19.4. The molecule has 0 bridgehead atoms. The molecule has 2 atom stereocenters. The number of halogens is 6. The van der Waals surface area contributed by atoms with Crippen molar-refractivity contribution in [2.45, 2.75) is 101 Å². The SMILES string of the molecule is CCC(CC)(c1ccc(-c2ccc(C(N[C@@H](CC(C)(C)F)C(=O)NC3(C#N)CC3)C(F)(F)F)cc2)cc1)C(O)(F)F. The van der Waals surface area contributed by atoms with Crippen LogP contribution in [0.5, 0.6) is 0 Å². The Balaban J connectivity index is 1.88. The Morgan fingerprint density at radius 3 is 1.80 bits per heavy atom. The summed E-state index contributed by atoms with van der Waals surface area (Å²) in [5.41, 5.74) is -3.79. The van der Waals surface area contributed by atoms with Gasteiger partial charge in [0.25, 0.3) is 0 Å². The summed E-state index contributed by atoms with van der Waals surface area (Å²) in [6.45, 7) is 5.42. The first-order chi connectivity index (χ1) is 18.9. The van der Waals surface area contributed by atoms with Crippen LogP contribution in [-0.2, 0) is 10.2 Å². The molecule has 1 fully saturated rings. The number of nitrogens with one attached hydrogen (secondary N) is 2. The Kier molecular flexibility index (Phi) is 9.21. The lowest BCUT2D eigenvalue weighted by atomic mass is 9.74. The van der Waals surface area contributed by atoms with Gasteiger partial charge in [0.05, 0.1) is 17.5 Å². The second-order valence-electron chi connectivity index (χ2n) is 11.3. The van der Waals surface area contributed by atoms with Gasteiger partial charge in [-0.2, -0.15) is 27.2 Å². The number of nitrogens with zero attached hydrogens (tertiary/aromatic N) is 1. The fraction of sp³-hybridized carbons (Fsp3) is 0.533. The summed E-state index contributed by atoms with van der Waals surface area (Å²) in [5, 5.41) is 23.5. The van der Waals surface area contributed by atoms with Gasteiger partial charge in [-0.25, -0.2) is 4.39 Å². The summed E-state index contributed by atoms with van der Waals surface area (Å²) in [7, 11) is 0. The first kappa shape index (κ1) is 32.4. The van der Waals surface area contributed by atoms with Crippen LogP contribution in [-0.4, -0.2) is 40.5 Å². The number of nitriles is 1. The molecule has 1 saturated carbocycles. The van der Waals surface area contributed by atoms with Crippen molar-refractivity contribution >= 4 is 5.91 Å².